The van der Waals surface area contributed by atoms with Gasteiger partial charge in [-0.25, -0.2) is 9.69 Å². The number of hydrogen-bond donors (Lipinski definition) is 1. The molecule has 0 unspecified atom stereocenters. The smallest absolute Gasteiger partial charge is 0.323 e. The number of amides is 3. The molecular weight excluding hydrogens is 402 g/mol. The lowest BCUT2D eigenvalue weighted by molar-refractivity contribution is -0.138. The summed E-state index contributed by atoms with van der Waals surface area (Å²) in [7, 11) is 0. The van der Waals surface area contributed by atoms with Crippen molar-refractivity contribution in [3.8, 4) is 0 Å². The first-order valence-electron chi connectivity index (χ1n) is 8.99. The predicted molar refractivity (Wildman–Crippen MR) is 103 cm³/mol. The molecule has 138 valence electrons. The second-order valence-electron chi connectivity index (χ2n) is 7.26. The molecule has 1 saturated carbocycles. The number of thiophene rings is 1. The maximum absolute atomic E-state index is 13.2. The lowest BCUT2D eigenvalue weighted by Gasteiger charge is -2.42. The molecule has 0 aromatic carbocycles. The van der Waals surface area contributed by atoms with E-state index >= 15 is 0 Å². The number of carbonyl (C=O) groups is 2. The first kappa shape index (κ1) is 18.9. The van der Waals surface area contributed by atoms with Crippen LogP contribution < -0.4 is 5.32 Å². The SMILES string of the molecule is CCN(Cc1ccc(Br)s1)CN1C(=O)NC2(C1=O)[C@H](C)CCC[C@H]2C. The zero-order valence-corrected chi connectivity index (χ0v) is 17.5. The summed E-state index contributed by atoms with van der Waals surface area (Å²) in [5.41, 5.74) is -0.708. The van der Waals surface area contributed by atoms with E-state index in [9.17, 15) is 9.59 Å². The standard InChI is InChI=1S/C18H26BrN3O2S/c1-4-21(10-14-8-9-15(19)25-14)11-22-16(23)18(20-17(22)24)12(2)6-5-7-13(18)3/h8-9,12-13H,4-7,10-11H2,1-3H3,(H,20,24)/t12-,13-/m1/s1. The van der Waals surface area contributed by atoms with Crippen molar-refractivity contribution >= 4 is 39.2 Å². The minimum Gasteiger partial charge on any atom is -0.323 e. The van der Waals surface area contributed by atoms with E-state index in [4.69, 9.17) is 0 Å². The first-order chi connectivity index (χ1) is 11.9. The molecule has 1 aromatic heterocycles. The average molecular weight is 428 g/mol. The fourth-order valence-corrected chi connectivity index (χ4v) is 5.73. The Balaban J connectivity index is 1.75. The number of imide groups is 1. The van der Waals surface area contributed by atoms with Gasteiger partial charge in [0.05, 0.1) is 10.5 Å². The number of urea groups is 1. The van der Waals surface area contributed by atoms with Gasteiger partial charge in [0.15, 0.2) is 0 Å². The quantitative estimate of drug-likeness (QED) is 0.721. The maximum atomic E-state index is 13.2. The monoisotopic (exact) mass is 427 g/mol. The number of rotatable bonds is 5. The van der Waals surface area contributed by atoms with Gasteiger partial charge >= 0.3 is 6.03 Å². The van der Waals surface area contributed by atoms with Crippen LogP contribution in [0, 0.1) is 11.8 Å². The number of hydrogen-bond acceptors (Lipinski definition) is 4. The van der Waals surface area contributed by atoms with Crippen LogP contribution in [0.5, 0.6) is 0 Å². The maximum Gasteiger partial charge on any atom is 0.326 e. The highest BCUT2D eigenvalue weighted by Crippen LogP contribution is 2.42. The van der Waals surface area contributed by atoms with Crippen LogP contribution in [-0.2, 0) is 11.3 Å². The fraction of sp³-hybridized carbons (Fsp3) is 0.667. The summed E-state index contributed by atoms with van der Waals surface area (Å²) in [5.74, 6) is 0.324. The zero-order valence-electron chi connectivity index (χ0n) is 15.0. The van der Waals surface area contributed by atoms with Gasteiger partial charge in [-0.05, 0) is 59.3 Å². The van der Waals surface area contributed by atoms with E-state index in [1.807, 2.05) is 6.07 Å². The summed E-state index contributed by atoms with van der Waals surface area (Å²) in [6.07, 6.45) is 3.11. The Bertz CT molecular complexity index is 653. The van der Waals surface area contributed by atoms with Crippen LogP contribution in [0.2, 0.25) is 0 Å². The Kier molecular flexibility index (Phi) is 5.56. The molecule has 1 N–H and O–H groups in total. The molecule has 5 nitrogen and oxygen atoms in total. The van der Waals surface area contributed by atoms with Crippen LogP contribution in [-0.4, -0.2) is 40.5 Å². The Hall–Kier alpha value is -0.920. The van der Waals surface area contributed by atoms with Crippen LogP contribution >= 0.6 is 27.3 Å². The highest BCUT2D eigenvalue weighted by molar-refractivity contribution is 9.11. The third kappa shape index (κ3) is 3.38. The molecule has 0 bridgehead atoms. The van der Waals surface area contributed by atoms with E-state index in [1.165, 1.54) is 9.78 Å². The molecule has 1 saturated heterocycles. The van der Waals surface area contributed by atoms with Gasteiger partial charge in [-0.1, -0.05) is 27.2 Å². The first-order valence-corrected chi connectivity index (χ1v) is 10.6. The summed E-state index contributed by atoms with van der Waals surface area (Å²) in [6, 6.07) is 3.87. The Labute approximate surface area is 161 Å². The molecule has 1 aliphatic heterocycles. The Morgan fingerprint density at radius 3 is 2.56 bits per heavy atom. The van der Waals surface area contributed by atoms with Gasteiger partial charge in [-0.2, -0.15) is 0 Å². The minimum atomic E-state index is -0.708. The van der Waals surface area contributed by atoms with Crippen molar-refractivity contribution in [1.82, 2.24) is 15.1 Å². The molecule has 2 atom stereocenters. The van der Waals surface area contributed by atoms with Crippen molar-refractivity contribution in [3.63, 3.8) is 0 Å². The largest absolute Gasteiger partial charge is 0.326 e. The fourth-order valence-electron chi connectivity index (χ4n) is 4.20. The third-order valence-corrected chi connectivity index (χ3v) is 7.39. The van der Waals surface area contributed by atoms with E-state index in [1.54, 1.807) is 11.3 Å². The number of nitrogens with zero attached hydrogens (tertiary/aromatic N) is 2. The Morgan fingerprint density at radius 1 is 1.32 bits per heavy atom. The second kappa shape index (κ2) is 7.37. The van der Waals surface area contributed by atoms with Gasteiger partial charge < -0.3 is 5.32 Å². The molecule has 1 spiro atoms. The molecule has 7 heteroatoms. The molecule has 2 heterocycles. The van der Waals surface area contributed by atoms with Crippen LogP contribution in [0.1, 0.15) is 44.9 Å². The molecule has 2 fully saturated rings. The summed E-state index contributed by atoms with van der Waals surface area (Å²) >= 11 is 5.17. The zero-order chi connectivity index (χ0) is 18.2. The normalized spacial score (nSPS) is 25.9. The molecule has 3 rings (SSSR count). The molecule has 1 aliphatic carbocycles. The van der Waals surface area contributed by atoms with Gasteiger partial charge in [0.2, 0.25) is 0 Å². The van der Waals surface area contributed by atoms with Gasteiger partial charge in [-0.3, -0.25) is 9.69 Å². The molecule has 2 aliphatic rings. The van der Waals surface area contributed by atoms with Crippen LogP contribution in [0.3, 0.4) is 0 Å². The van der Waals surface area contributed by atoms with Crippen molar-refractivity contribution in [1.29, 1.82) is 0 Å². The third-order valence-electron chi connectivity index (χ3n) is 5.78. The molecule has 3 amide bonds. The van der Waals surface area contributed by atoms with Crippen molar-refractivity contribution in [2.75, 3.05) is 13.2 Å². The summed E-state index contributed by atoms with van der Waals surface area (Å²) in [6.45, 7) is 8.11. The number of carbonyl (C=O) groups excluding carboxylic acids is 2. The molecular formula is C18H26BrN3O2S. The van der Waals surface area contributed by atoms with Crippen molar-refractivity contribution in [2.24, 2.45) is 11.8 Å². The number of nitrogens with one attached hydrogen (secondary N) is 1. The van der Waals surface area contributed by atoms with Crippen LogP contribution in [0.25, 0.3) is 0 Å². The highest BCUT2D eigenvalue weighted by Gasteiger charge is 2.58. The van der Waals surface area contributed by atoms with Crippen molar-refractivity contribution in [3.05, 3.63) is 20.8 Å². The summed E-state index contributed by atoms with van der Waals surface area (Å²) in [5, 5.41) is 3.07. The van der Waals surface area contributed by atoms with Gasteiger partial charge in [0.25, 0.3) is 5.91 Å². The van der Waals surface area contributed by atoms with Gasteiger partial charge in [0.1, 0.15) is 5.54 Å². The molecule has 0 radical (unpaired) electrons. The molecule has 25 heavy (non-hydrogen) atoms. The van der Waals surface area contributed by atoms with Gasteiger partial charge in [-0.15, -0.1) is 11.3 Å². The second-order valence-corrected chi connectivity index (χ2v) is 9.81. The van der Waals surface area contributed by atoms with Crippen molar-refractivity contribution < 1.29 is 9.59 Å². The topological polar surface area (TPSA) is 52.6 Å². The van der Waals surface area contributed by atoms with E-state index in [2.05, 4.69) is 53.0 Å². The molecule has 1 aromatic rings. The average Bonchev–Trinajstić information content (AvgIpc) is 3.08. The lowest BCUT2D eigenvalue weighted by atomic mass is 9.67. The highest BCUT2D eigenvalue weighted by atomic mass is 79.9. The predicted octanol–water partition coefficient (Wildman–Crippen LogP) is 4.04. The van der Waals surface area contributed by atoms with E-state index < -0.39 is 5.54 Å². The minimum absolute atomic E-state index is 0.0389. The Morgan fingerprint density at radius 2 is 2.00 bits per heavy atom. The van der Waals surface area contributed by atoms with Crippen LogP contribution in [0.15, 0.2) is 15.9 Å². The summed E-state index contributed by atoms with van der Waals surface area (Å²) < 4.78 is 1.09. The van der Waals surface area contributed by atoms with Gasteiger partial charge in [0, 0.05) is 11.4 Å². The van der Waals surface area contributed by atoms with Crippen molar-refractivity contribution in [2.45, 2.75) is 52.1 Å². The van der Waals surface area contributed by atoms with E-state index in [-0.39, 0.29) is 23.8 Å². The van der Waals surface area contributed by atoms with E-state index in [0.717, 1.165) is 36.1 Å². The summed E-state index contributed by atoms with van der Waals surface area (Å²) in [4.78, 5) is 30.6. The number of halogens is 1. The van der Waals surface area contributed by atoms with Crippen LogP contribution in [0.4, 0.5) is 4.79 Å². The van der Waals surface area contributed by atoms with E-state index in [0.29, 0.717) is 6.67 Å². The lowest BCUT2D eigenvalue weighted by Crippen LogP contribution is -2.59.